The van der Waals surface area contributed by atoms with E-state index in [2.05, 4.69) is 4.90 Å². The average molecular weight is 345 g/mol. The van der Waals surface area contributed by atoms with Crippen LogP contribution in [0.25, 0.3) is 0 Å². The maximum atomic E-state index is 12.1. The lowest BCUT2D eigenvalue weighted by atomic mass is 10.1. The van der Waals surface area contributed by atoms with E-state index in [0.29, 0.717) is 19.8 Å². The maximum Gasteiger partial charge on any atom is 0.405 e. The molecule has 0 aromatic heterocycles. The van der Waals surface area contributed by atoms with Gasteiger partial charge in [0.1, 0.15) is 6.54 Å². The van der Waals surface area contributed by atoms with Crippen LogP contribution in [0, 0.1) is 0 Å². The molecule has 1 N–H and O–H groups in total. The Morgan fingerprint density at radius 1 is 1.29 bits per heavy atom. The molecule has 1 fully saturated rings. The minimum atomic E-state index is -4.39. The molecule has 1 aromatic rings. The topological polar surface area (TPSA) is 44.8 Å². The number of carbonyl (C=O) groups is 1. The van der Waals surface area contributed by atoms with Crippen LogP contribution >= 0.6 is 0 Å². The standard InChI is InChI=1S/C16H22F3N3O2/c1-21(11-15(23)20-12-16(17,18)19)10-13-4-2-3-5-14(13)22-6-8-24-9-7-22/h2-5H,6-12H2,1H3,(H,20,23). The summed E-state index contributed by atoms with van der Waals surface area (Å²) in [4.78, 5) is 15.5. The highest BCUT2D eigenvalue weighted by molar-refractivity contribution is 5.78. The Balaban J connectivity index is 1.91. The molecule has 0 atom stereocenters. The minimum Gasteiger partial charge on any atom is -0.378 e. The van der Waals surface area contributed by atoms with Crippen LogP contribution in [-0.4, -0.2) is 63.4 Å². The summed E-state index contributed by atoms with van der Waals surface area (Å²) in [7, 11) is 1.71. The fourth-order valence-corrected chi connectivity index (χ4v) is 2.60. The largest absolute Gasteiger partial charge is 0.405 e. The quantitative estimate of drug-likeness (QED) is 0.851. The molecule has 5 nitrogen and oxygen atoms in total. The number of benzene rings is 1. The Bertz CT molecular complexity index is 546. The van der Waals surface area contributed by atoms with Gasteiger partial charge in [-0.25, -0.2) is 0 Å². The van der Waals surface area contributed by atoms with E-state index in [-0.39, 0.29) is 6.54 Å². The molecule has 1 aliphatic heterocycles. The van der Waals surface area contributed by atoms with E-state index >= 15 is 0 Å². The van der Waals surface area contributed by atoms with Crippen molar-refractivity contribution in [1.82, 2.24) is 10.2 Å². The van der Waals surface area contributed by atoms with Gasteiger partial charge in [-0.15, -0.1) is 0 Å². The molecule has 0 unspecified atom stereocenters. The molecule has 8 heteroatoms. The molecule has 1 aromatic carbocycles. The number of alkyl halides is 3. The van der Waals surface area contributed by atoms with E-state index in [9.17, 15) is 18.0 Å². The van der Waals surface area contributed by atoms with Crippen LogP contribution in [0.4, 0.5) is 18.9 Å². The Hall–Kier alpha value is -1.80. The number of morpholine rings is 1. The van der Waals surface area contributed by atoms with Gasteiger partial charge in [0.2, 0.25) is 5.91 Å². The zero-order chi connectivity index (χ0) is 17.6. The van der Waals surface area contributed by atoms with Crippen molar-refractivity contribution in [2.45, 2.75) is 12.7 Å². The van der Waals surface area contributed by atoms with E-state index < -0.39 is 18.6 Å². The Kier molecular flexibility index (Phi) is 6.44. The molecular weight excluding hydrogens is 323 g/mol. The van der Waals surface area contributed by atoms with Gasteiger partial charge in [-0.1, -0.05) is 18.2 Å². The first-order valence-corrected chi connectivity index (χ1v) is 7.78. The number of carbonyl (C=O) groups excluding carboxylic acids is 1. The Morgan fingerprint density at radius 2 is 1.96 bits per heavy atom. The van der Waals surface area contributed by atoms with Crippen molar-refractivity contribution < 1.29 is 22.7 Å². The lowest BCUT2D eigenvalue weighted by Crippen LogP contribution is -2.40. The molecule has 0 saturated carbocycles. The number of ether oxygens (including phenoxy) is 1. The van der Waals surface area contributed by atoms with Gasteiger partial charge in [-0.3, -0.25) is 9.69 Å². The number of amides is 1. The minimum absolute atomic E-state index is 0.0898. The van der Waals surface area contributed by atoms with Crippen molar-refractivity contribution >= 4 is 11.6 Å². The zero-order valence-electron chi connectivity index (χ0n) is 13.6. The number of nitrogens with one attached hydrogen (secondary N) is 1. The summed E-state index contributed by atoms with van der Waals surface area (Å²) >= 11 is 0. The van der Waals surface area contributed by atoms with Crippen LogP contribution in [0.5, 0.6) is 0 Å². The lowest BCUT2D eigenvalue weighted by molar-refractivity contribution is -0.138. The van der Waals surface area contributed by atoms with Crippen LogP contribution in [0.2, 0.25) is 0 Å². The van der Waals surface area contributed by atoms with E-state index in [1.807, 2.05) is 29.6 Å². The van der Waals surface area contributed by atoms with Crippen molar-refractivity contribution in [3.05, 3.63) is 29.8 Å². The molecule has 0 radical (unpaired) electrons. The maximum absolute atomic E-state index is 12.1. The molecule has 1 aliphatic rings. The van der Waals surface area contributed by atoms with Gasteiger partial charge in [-0.2, -0.15) is 13.2 Å². The predicted octanol–water partition coefficient (Wildman–Crippen LogP) is 1.63. The summed E-state index contributed by atoms with van der Waals surface area (Å²) in [5.41, 5.74) is 2.11. The molecule has 134 valence electrons. The first kappa shape index (κ1) is 18.5. The first-order valence-electron chi connectivity index (χ1n) is 7.78. The molecule has 1 amide bonds. The van der Waals surface area contributed by atoms with Gasteiger partial charge in [0.15, 0.2) is 0 Å². The fourth-order valence-electron chi connectivity index (χ4n) is 2.60. The summed E-state index contributed by atoms with van der Waals surface area (Å²) in [5, 5.41) is 1.88. The monoisotopic (exact) mass is 345 g/mol. The molecule has 1 saturated heterocycles. The van der Waals surface area contributed by atoms with Gasteiger partial charge in [0.05, 0.1) is 19.8 Å². The molecule has 24 heavy (non-hydrogen) atoms. The summed E-state index contributed by atoms with van der Waals surface area (Å²) in [5.74, 6) is -0.640. The SMILES string of the molecule is CN(CC(=O)NCC(F)(F)F)Cc1ccccc1N1CCOCC1. The Morgan fingerprint density at radius 3 is 2.62 bits per heavy atom. The third-order valence-corrected chi connectivity index (χ3v) is 3.68. The van der Waals surface area contributed by atoms with E-state index in [0.717, 1.165) is 24.3 Å². The lowest BCUT2D eigenvalue weighted by Gasteiger charge is -2.31. The third kappa shape index (κ3) is 6.01. The van der Waals surface area contributed by atoms with Crippen molar-refractivity contribution in [1.29, 1.82) is 0 Å². The number of anilines is 1. The van der Waals surface area contributed by atoms with Gasteiger partial charge in [0, 0.05) is 25.3 Å². The van der Waals surface area contributed by atoms with Crippen molar-refractivity contribution in [2.75, 3.05) is 51.3 Å². The number of hydrogen-bond acceptors (Lipinski definition) is 4. The number of nitrogens with zero attached hydrogens (tertiary/aromatic N) is 2. The van der Waals surface area contributed by atoms with Gasteiger partial charge in [-0.05, 0) is 18.7 Å². The average Bonchev–Trinajstić information content (AvgIpc) is 2.53. The summed E-state index contributed by atoms with van der Waals surface area (Å²) in [6.07, 6.45) is -4.39. The smallest absolute Gasteiger partial charge is 0.378 e. The summed E-state index contributed by atoms with van der Waals surface area (Å²) in [6.45, 7) is 2.03. The van der Waals surface area contributed by atoms with Crippen molar-refractivity contribution in [3.8, 4) is 0 Å². The van der Waals surface area contributed by atoms with Crippen LogP contribution in [0.1, 0.15) is 5.56 Å². The summed E-state index contributed by atoms with van der Waals surface area (Å²) in [6, 6.07) is 7.84. The van der Waals surface area contributed by atoms with Crippen LogP contribution in [-0.2, 0) is 16.1 Å². The van der Waals surface area contributed by atoms with Crippen LogP contribution in [0.15, 0.2) is 24.3 Å². The zero-order valence-corrected chi connectivity index (χ0v) is 13.6. The highest BCUT2D eigenvalue weighted by atomic mass is 19.4. The molecular formula is C16H22F3N3O2. The normalized spacial score (nSPS) is 15.6. The second-order valence-corrected chi connectivity index (χ2v) is 5.79. The molecule has 0 bridgehead atoms. The first-order chi connectivity index (χ1) is 11.3. The number of likely N-dealkylation sites (N-methyl/N-ethyl adjacent to an activating group) is 1. The second-order valence-electron chi connectivity index (χ2n) is 5.79. The van der Waals surface area contributed by atoms with Gasteiger partial charge < -0.3 is 15.0 Å². The van der Waals surface area contributed by atoms with Gasteiger partial charge >= 0.3 is 6.18 Å². The van der Waals surface area contributed by atoms with E-state index in [4.69, 9.17) is 4.74 Å². The predicted molar refractivity (Wildman–Crippen MR) is 84.9 cm³/mol. The molecule has 1 heterocycles. The van der Waals surface area contributed by atoms with E-state index in [1.165, 1.54) is 0 Å². The van der Waals surface area contributed by atoms with Crippen LogP contribution < -0.4 is 10.2 Å². The third-order valence-electron chi connectivity index (χ3n) is 3.68. The molecule has 2 rings (SSSR count). The highest BCUT2D eigenvalue weighted by Crippen LogP contribution is 2.22. The Labute approximate surface area is 139 Å². The molecule has 0 aliphatic carbocycles. The van der Waals surface area contributed by atoms with Gasteiger partial charge in [0.25, 0.3) is 0 Å². The van der Waals surface area contributed by atoms with E-state index in [1.54, 1.807) is 11.9 Å². The van der Waals surface area contributed by atoms with Crippen molar-refractivity contribution in [3.63, 3.8) is 0 Å². The molecule has 0 spiro atoms. The number of hydrogen-bond donors (Lipinski definition) is 1. The fraction of sp³-hybridized carbons (Fsp3) is 0.562. The second kappa shape index (κ2) is 8.34. The number of rotatable bonds is 6. The van der Waals surface area contributed by atoms with Crippen molar-refractivity contribution in [2.24, 2.45) is 0 Å². The van der Waals surface area contributed by atoms with Crippen LogP contribution in [0.3, 0.4) is 0 Å². The number of halogens is 3. The summed E-state index contributed by atoms with van der Waals surface area (Å²) < 4.78 is 41.7. The number of para-hydroxylation sites is 1. The highest BCUT2D eigenvalue weighted by Gasteiger charge is 2.27.